The van der Waals surface area contributed by atoms with Crippen molar-refractivity contribution in [3.05, 3.63) is 0 Å². The van der Waals surface area contributed by atoms with Gasteiger partial charge in [0.1, 0.15) is 6.61 Å². The van der Waals surface area contributed by atoms with Gasteiger partial charge in [0.25, 0.3) is 0 Å². The largest absolute Gasteiger partial charge is 0.372 e. The Balaban J connectivity index is 1.94. The summed E-state index contributed by atoms with van der Waals surface area (Å²) in [6, 6.07) is 0. The average molecular weight is 200 g/mol. The van der Waals surface area contributed by atoms with Crippen molar-refractivity contribution in [3.63, 3.8) is 0 Å². The molecule has 0 saturated carbocycles. The molecule has 0 aromatic rings. The number of carbonyl (C=O) groups is 1. The molecule has 0 radical (unpaired) electrons. The topological polar surface area (TPSA) is 50.4 Å². The van der Waals surface area contributed by atoms with Crippen LogP contribution in [0.1, 0.15) is 19.3 Å². The first-order valence-electron chi connectivity index (χ1n) is 5.32. The first-order valence-corrected chi connectivity index (χ1v) is 5.32. The van der Waals surface area contributed by atoms with E-state index in [1.165, 1.54) is 12.8 Å². The molecule has 0 aliphatic carbocycles. The third-order valence-corrected chi connectivity index (χ3v) is 2.58. The zero-order chi connectivity index (χ0) is 10.2. The summed E-state index contributed by atoms with van der Waals surface area (Å²) in [7, 11) is 1.62. The van der Waals surface area contributed by atoms with E-state index in [4.69, 9.17) is 4.74 Å². The Bertz CT molecular complexity index is 168. The fraction of sp³-hybridized carbons (Fsp3) is 0.900. The molecule has 4 heteroatoms. The molecule has 1 amide bonds. The van der Waals surface area contributed by atoms with Crippen molar-refractivity contribution in [3.8, 4) is 0 Å². The van der Waals surface area contributed by atoms with E-state index in [-0.39, 0.29) is 12.5 Å². The first kappa shape index (κ1) is 11.5. The molecule has 1 atom stereocenters. The van der Waals surface area contributed by atoms with E-state index in [2.05, 4.69) is 10.6 Å². The normalized spacial score (nSPS) is 21.9. The van der Waals surface area contributed by atoms with Gasteiger partial charge in [-0.3, -0.25) is 4.79 Å². The van der Waals surface area contributed by atoms with Gasteiger partial charge in [-0.2, -0.15) is 0 Å². The summed E-state index contributed by atoms with van der Waals surface area (Å²) in [5.74, 6) is 0.681. The van der Waals surface area contributed by atoms with E-state index in [0.717, 1.165) is 25.4 Å². The van der Waals surface area contributed by atoms with E-state index < -0.39 is 0 Å². The standard InChI is InChI=1S/C10H20N2O2/c1-11-10(13)8-14-6-4-9-3-2-5-12-7-9/h9,12H,2-8H2,1H3,(H,11,13). The maximum Gasteiger partial charge on any atom is 0.245 e. The predicted molar refractivity (Wildman–Crippen MR) is 55.1 cm³/mol. The van der Waals surface area contributed by atoms with Gasteiger partial charge in [0, 0.05) is 13.7 Å². The highest BCUT2D eigenvalue weighted by atomic mass is 16.5. The van der Waals surface area contributed by atoms with Crippen molar-refractivity contribution in [2.75, 3.05) is 33.4 Å². The van der Waals surface area contributed by atoms with Gasteiger partial charge in [-0.15, -0.1) is 0 Å². The Morgan fingerprint density at radius 2 is 2.50 bits per heavy atom. The molecule has 1 rings (SSSR count). The average Bonchev–Trinajstić information content (AvgIpc) is 2.25. The molecule has 0 aromatic heterocycles. The summed E-state index contributed by atoms with van der Waals surface area (Å²) < 4.78 is 5.25. The summed E-state index contributed by atoms with van der Waals surface area (Å²) in [6.07, 6.45) is 3.61. The van der Waals surface area contributed by atoms with Crippen LogP contribution in [0.25, 0.3) is 0 Å². The minimum Gasteiger partial charge on any atom is -0.372 e. The van der Waals surface area contributed by atoms with Gasteiger partial charge in [-0.1, -0.05) is 0 Å². The van der Waals surface area contributed by atoms with Crippen LogP contribution in [-0.4, -0.2) is 39.3 Å². The van der Waals surface area contributed by atoms with Crippen LogP contribution >= 0.6 is 0 Å². The number of rotatable bonds is 5. The van der Waals surface area contributed by atoms with Crippen molar-refractivity contribution in [1.29, 1.82) is 0 Å². The zero-order valence-electron chi connectivity index (χ0n) is 8.84. The molecule has 1 fully saturated rings. The van der Waals surface area contributed by atoms with Gasteiger partial charge < -0.3 is 15.4 Å². The molecule has 1 aliphatic heterocycles. The number of likely N-dealkylation sites (N-methyl/N-ethyl adjacent to an activating group) is 1. The molecule has 14 heavy (non-hydrogen) atoms. The molecule has 4 nitrogen and oxygen atoms in total. The molecule has 2 N–H and O–H groups in total. The Morgan fingerprint density at radius 1 is 1.64 bits per heavy atom. The van der Waals surface area contributed by atoms with E-state index >= 15 is 0 Å². The van der Waals surface area contributed by atoms with Gasteiger partial charge in [-0.05, 0) is 38.3 Å². The third kappa shape index (κ3) is 4.58. The van der Waals surface area contributed by atoms with Gasteiger partial charge >= 0.3 is 0 Å². The number of hydrogen-bond donors (Lipinski definition) is 2. The molecule has 82 valence electrons. The Morgan fingerprint density at radius 3 is 3.14 bits per heavy atom. The molecule has 1 heterocycles. The number of piperidine rings is 1. The molecule has 1 saturated heterocycles. The maximum absolute atomic E-state index is 10.8. The number of amides is 1. The Hall–Kier alpha value is -0.610. The highest BCUT2D eigenvalue weighted by molar-refractivity contribution is 5.76. The lowest BCUT2D eigenvalue weighted by molar-refractivity contribution is -0.125. The van der Waals surface area contributed by atoms with Gasteiger partial charge in [0.05, 0.1) is 0 Å². The number of hydrogen-bond acceptors (Lipinski definition) is 3. The van der Waals surface area contributed by atoms with Crippen LogP contribution in [0, 0.1) is 5.92 Å². The van der Waals surface area contributed by atoms with Gasteiger partial charge in [-0.25, -0.2) is 0 Å². The molecule has 0 bridgehead atoms. The highest BCUT2D eigenvalue weighted by Gasteiger charge is 2.12. The number of nitrogens with one attached hydrogen (secondary N) is 2. The molecule has 1 unspecified atom stereocenters. The lowest BCUT2D eigenvalue weighted by Crippen LogP contribution is -2.30. The van der Waals surface area contributed by atoms with Gasteiger partial charge in [0.15, 0.2) is 0 Å². The van der Waals surface area contributed by atoms with Gasteiger partial charge in [0.2, 0.25) is 5.91 Å². The number of carbonyl (C=O) groups excluding carboxylic acids is 1. The van der Waals surface area contributed by atoms with Crippen LogP contribution in [0.4, 0.5) is 0 Å². The summed E-state index contributed by atoms with van der Waals surface area (Å²) in [4.78, 5) is 10.8. The van der Waals surface area contributed by atoms with Crippen LogP contribution in [-0.2, 0) is 9.53 Å². The second kappa shape index (κ2) is 6.79. The van der Waals surface area contributed by atoms with Crippen LogP contribution in [0.5, 0.6) is 0 Å². The van der Waals surface area contributed by atoms with Crippen molar-refractivity contribution in [2.45, 2.75) is 19.3 Å². The molecular weight excluding hydrogens is 180 g/mol. The Labute approximate surface area is 85.4 Å². The third-order valence-electron chi connectivity index (χ3n) is 2.58. The molecule has 1 aliphatic rings. The van der Waals surface area contributed by atoms with Crippen LogP contribution in [0.3, 0.4) is 0 Å². The van der Waals surface area contributed by atoms with E-state index in [1.807, 2.05) is 0 Å². The zero-order valence-corrected chi connectivity index (χ0v) is 8.84. The minimum atomic E-state index is -0.0493. The smallest absolute Gasteiger partial charge is 0.245 e. The summed E-state index contributed by atoms with van der Waals surface area (Å²) >= 11 is 0. The quantitative estimate of drug-likeness (QED) is 0.621. The van der Waals surface area contributed by atoms with E-state index in [1.54, 1.807) is 7.05 Å². The highest BCUT2D eigenvalue weighted by Crippen LogP contribution is 2.13. The predicted octanol–water partition coefficient (Wildman–Crippen LogP) is 0.139. The monoisotopic (exact) mass is 200 g/mol. The summed E-state index contributed by atoms with van der Waals surface area (Å²) in [5.41, 5.74) is 0. The fourth-order valence-corrected chi connectivity index (χ4v) is 1.66. The lowest BCUT2D eigenvalue weighted by atomic mass is 9.97. The fourth-order valence-electron chi connectivity index (χ4n) is 1.66. The van der Waals surface area contributed by atoms with Crippen molar-refractivity contribution >= 4 is 5.91 Å². The first-order chi connectivity index (χ1) is 6.83. The number of ether oxygens (including phenoxy) is 1. The second-order valence-corrected chi connectivity index (χ2v) is 3.73. The maximum atomic E-state index is 10.8. The van der Waals surface area contributed by atoms with Crippen LogP contribution in [0.15, 0.2) is 0 Å². The summed E-state index contributed by atoms with van der Waals surface area (Å²) in [5, 5.41) is 5.89. The Kier molecular flexibility index (Phi) is 5.56. The molecule has 0 spiro atoms. The van der Waals surface area contributed by atoms with Crippen molar-refractivity contribution in [2.24, 2.45) is 5.92 Å². The van der Waals surface area contributed by atoms with Crippen molar-refractivity contribution in [1.82, 2.24) is 10.6 Å². The minimum absolute atomic E-state index is 0.0493. The molecule has 0 aromatic carbocycles. The van der Waals surface area contributed by atoms with E-state index in [0.29, 0.717) is 6.61 Å². The second-order valence-electron chi connectivity index (χ2n) is 3.73. The SMILES string of the molecule is CNC(=O)COCCC1CCCNC1. The van der Waals surface area contributed by atoms with Crippen LogP contribution < -0.4 is 10.6 Å². The lowest BCUT2D eigenvalue weighted by Gasteiger charge is -2.22. The van der Waals surface area contributed by atoms with Crippen molar-refractivity contribution < 1.29 is 9.53 Å². The molecular formula is C10H20N2O2. The summed E-state index contributed by atoms with van der Waals surface area (Å²) in [6.45, 7) is 3.13. The van der Waals surface area contributed by atoms with E-state index in [9.17, 15) is 4.79 Å². The van der Waals surface area contributed by atoms with Crippen LogP contribution in [0.2, 0.25) is 0 Å².